The molecule has 0 saturated carbocycles. The average molecular weight is 372 g/mol. The number of carboxylic acid groups (broad SMARTS) is 1. The molecule has 142 valence electrons. The van der Waals surface area contributed by atoms with E-state index < -0.39 is 17.3 Å². The molecule has 3 heterocycles. The second-order valence-electron chi connectivity index (χ2n) is 7.07. The quantitative estimate of drug-likeness (QED) is 0.879. The van der Waals surface area contributed by atoms with Gasteiger partial charge >= 0.3 is 5.97 Å². The van der Waals surface area contributed by atoms with Crippen molar-refractivity contribution in [2.75, 3.05) is 26.8 Å². The number of methoxy groups -OCH3 is 1. The Bertz CT molecular complexity index is 917. The molecule has 2 aliphatic rings. The van der Waals surface area contributed by atoms with E-state index in [9.17, 15) is 14.7 Å². The lowest BCUT2D eigenvalue weighted by molar-refractivity contribution is -0.151. The van der Waals surface area contributed by atoms with Crippen LogP contribution in [0.4, 0.5) is 0 Å². The summed E-state index contributed by atoms with van der Waals surface area (Å²) in [6.45, 7) is 3.69. The maximum atomic E-state index is 13.1. The van der Waals surface area contributed by atoms with Crippen molar-refractivity contribution in [2.45, 2.75) is 19.8 Å². The van der Waals surface area contributed by atoms with Crippen LogP contribution in [0.15, 0.2) is 22.7 Å². The van der Waals surface area contributed by atoms with Crippen molar-refractivity contribution in [3.63, 3.8) is 0 Å². The predicted octanol–water partition coefficient (Wildman–Crippen LogP) is 2.00. The Labute approximate surface area is 155 Å². The summed E-state index contributed by atoms with van der Waals surface area (Å²) in [7, 11) is 1.54. The van der Waals surface area contributed by atoms with E-state index in [1.807, 2.05) is 6.07 Å². The Balaban J connectivity index is 1.76. The van der Waals surface area contributed by atoms with Crippen LogP contribution in [0.25, 0.3) is 0 Å². The molecule has 1 aromatic carbocycles. The van der Waals surface area contributed by atoms with E-state index in [0.29, 0.717) is 28.5 Å². The highest BCUT2D eigenvalue weighted by Crippen LogP contribution is 2.52. The predicted molar refractivity (Wildman–Crippen MR) is 93.2 cm³/mol. The molecule has 2 atom stereocenters. The SMILES string of the molecule is COc1cccc2c1OC[C@]1(C(=O)O)CN(C(=O)c3c(C)noc3C)C[C@H]21. The van der Waals surface area contributed by atoms with Gasteiger partial charge in [-0.2, -0.15) is 0 Å². The zero-order valence-corrected chi connectivity index (χ0v) is 15.3. The van der Waals surface area contributed by atoms with Gasteiger partial charge < -0.3 is 24.0 Å². The largest absolute Gasteiger partial charge is 0.493 e. The van der Waals surface area contributed by atoms with Gasteiger partial charge in [0.25, 0.3) is 5.91 Å². The first kappa shape index (κ1) is 17.4. The van der Waals surface area contributed by atoms with Crippen LogP contribution in [0.5, 0.6) is 11.5 Å². The minimum Gasteiger partial charge on any atom is -0.493 e. The molecule has 1 saturated heterocycles. The summed E-state index contributed by atoms with van der Waals surface area (Å²) < 4.78 is 16.3. The average Bonchev–Trinajstić information content (AvgIpc) is 3.22. The number of nitrogens with zero attached hydrogens (tertiary/aromatic N) is 2. The third-order valence-corrected chi connectivity index (χ3v) is 5.58. The van der Waals surface area contributed by atoms with Gasteiger partial charge in [-0.1, -0.05) is 17.3 Å². The molecule has 0 spiro atoms. The van der Waals surface area contributed by atoms with Gasteiger partial charge in [-0.3, -0.25) is 9.59 Å². The number of aromatic nitrogens is 1. The van der Waals surface area contributed by atoms with Gasteiger partial charge in [-0.05, 0) is 19.9 Å². The molecule has 0 radical (unpaired) electrons. The standard InChI is InChI=1S/C19H20N2O6/c1-10-15(11(2)27-20-10)17(22)21-7-13-12-5-4-6-14(25-3)16(12)26-9-19(13,8-21)18(23)24/h4-6,13H,7-9H2,1-3H3,(H,23,24)/t13-,19-/m1/s1. The fourth-order valence-electron chi connectivity index (χ4n) is 4.16. The van der Waals surface area contributed by atoms with E-state index in [0.717, 1.165) is 5.56 Å². The van der Waals surface area contributed by atoms with Gasteiger partial charge in [0.05, 0.1) is 12.8 Å². The number of aryl methyl sites for hydroxylation is 2. The lowest BCUT2D eigenvalue weighted by Gasteiger charge is -2.36. The summed E-state index contributed by atoms with van der Waals surface area (Å²) in [4.78, 5) is 26.8. The number of likely N-dealkylation sites (tertiary alicyclic amines) is 1. The van der Waals surface area contributed by atoms with Gasteiger partial charge in [0.2, 0.25) is 0 Å². The minimum absolute atomic E-state index is 0.0221. The fourth-order valence-corrected chi connectivity index (χ4v) is 4.16. The number of carboxylic acids is 1. The van der Waals surface area contributed by atoms with Crippen molar-refractivity contribution in [2.24, 2.45) is 5.41 Å². The second kappa shape index (κ2) is 6.00. The molecular formula is C19H20N2O6. The molecule has 2 aliphatic heterocycles. The van der Waals surface area contributed by atoms with Crippen molar-refractivity contribution in [3.05, 3.63) is 40.8 Å². The lowest BCUT2D eigenvalue weighted by atomic mass is 9.73. The van der Waals surface area contributed by atoms with E-state index in [-0.39, 0.29) is 25.6 Å². The summed E-state index contributed by atoms with van der Waals surface area (Å²) in [6, 6.07) is 5.41. The number of para-hydroxylation sites is 1. The van der Waals surface area contributed by atoms with Crippen molar-refractivity contribution in [1.29, 1.82) is 0 Å². The van der Waals surface area contributed by atoms with Gasteiger partial charge in [0, 0.05) is 24.6 Å². The number of ether oxygens (including phenoxy) is 2. The van der Waals surface area contributed by atoms with Crippen LogP contribution < -0.4 is 9.47 Å². The zero-order valence-electron chi connectivity index (χ0n) is 15.3. The van der Waals surface area contributed by atoms with Gasteiger partial charge in [0.15, 0.2) is 11.5 Å². The number of amides is 1. The third kappa shape index (κ3) is 2.39. The molecule has 2 aromatic rings. The summed E-state index contributed by atoms with van der Waals surface area (Å²) in [5.41, 5.74) is 0.432. The molecule has 1 amide bonds. The van der Waals surface area contributed by atoms with Crippen LogP contribution in [0.3, 0.4) is 0 Å². The lowest BCUT2D eigenvalue weighted by Crippen LogP contribution is -2.46. The van der Waals surface area contributed by atoms with Gasteiger partial charge in [0.1, 0.15) is 23.3 Å². The molecule has 8 heteroatoms. The molecule has 1 fully saturated rings. The summed E-state index contributed by atoms with van der Waals surface area (Å²) in [6.07, 6.45) is 0. The Morgan fingerprint density at radius 3 is 2.78 bits per heavy atom. The van der Waals surface area contributed by atoms with E-state index >= 15 is 0 Å². The van der Waals surface area contributed by atoms with Crippen molar-refractivity contribution >= 4 is 11.9 Å². The number of benzene rings is 1. The van der Waals surface area contributed by atoms with Crippen molar-refractivity contribution in [1.82, 2.24) is 10.1 Å². The molecule has 0 unspecified atom stereocenters. The maximum absolute atomic E-state index is 13.1. The molecule has 1 N–H and O–H groups in total. The normalized spacial score (nSPS) is 23.4. The van der Waals surface area contributed by atoms with Gasteiger partial charge in [-0.25, -0.2) is 0 Å². The number of hydrogen-bond acceptors (Lipinski definition) is 6. The third-order valence-electron chi connectivity index (χ3n) is 5.58. The van der Waals surface area contributed by atoms with Crippen LogP contribution >= 0.6 is 0 Å². The Morgan fingerprint density at radius 2 is 2.15 bits per heavy atom. The van der Waals surface area contributed by atoms with Crippen molar-refractivity contribution < 1.29 is 28.7 Å². The Morgan fingerprint density at radius 1 is 1.37 bits per heavy atom. The highest BCUT2D eigenvalue weighted by molar-refractivity contribution is 5.97. The highest BCUT2D eigenvalue weighted by Gasteiger charge is 2.58. The van der Waals surface area contributed by atoms with Gasteiger partial charge in [-0.15, -0.1) is 0 Å². The second-order valence-corrected chi connectivity index (χ2v) is 7.07. The first-order valence-electron chi connectivity index (χ1n) is 8.64. The first-order chi connectivity index (χ1) is 12.9. The molecule has 0 bridgehead atoms. The number of carbonyl (C=O) groups excluding carboxylic acids is 1. The Hall–Kier alpha value is -3.03. The molecule has 1 aromatic heterocycles. The van der Waals surface area contributed by atoms with Crippen LogP contribution in [0.1, 0.15) is 33.3 Å². The smallest absolute Gasteiger partial charge is 0.315 e. The number of fused-ring (bicyclic) bond motifs is 3. The fraction of sp³-hybridized carbons (Fsp3) is 0.421. The number of hydrogen-bond donors (Lipinski definition) is 1. The molecule has 27 heavy (non-hydrogen) atoms. The van der Waals surface area contributed by atoms with Crippen LogP contribution in [-0.4, -0.2) is 53.8 Å². The molecule has 0 aliphatic carbocycles. The summed E-state index contributed by atoms with van der Waals surface area (Å²) >= 11 is 0. The van der Waals surface area contributed by atoms with Crippen molar-refractivity contribution in [3.8, 4) is 11.5 Å². The van der Waals surface area contributed by atoms with E-state index in [1.165, 1.54) is 0 Å². The maximum Gasteiger partial charge on any atom is 0.315 e. The van der Waals surface area contributed by atoms with E-state index in [1.54, 1.807) is 38.0 Å². The molecule has 4 rings (SSSR count). The summed E-state index contributed by atoms with van der Waals surface area (Å²) in [5.74, 6) is -0.107. The number of rotatable bonds is 3. The monoisotopic (exact) mass is 372 g/mol. The number of aliphatic carboxylic acids is 1. The molecular weight excluding hydrogens is 352 g/mol. The van der Waals surface area contributed by atoms with E-state index in [4.69, 9.17) is 14.0 Å². The van der Waals surface area contributed by atoms with Crippen LogP contribution in [0, 0.1) is 19.3 Å². The van der Waals surface area contributed by atoms with Crippen LogP contribution in [-0.2, 0) is 4.79 Å². The molecule has 8 nitrogen and oxygen atoms in total. The van der Waals surface area contributed by atoms with E-state index in [2.05, 4.69) is 5.16 Å². The number of carbonyl (C=O) groups is 2. The van der Waals surface area contributed by atoms with Crippen LogP contribution in [0.2, 0.25) is 0 Å². The minimum atomic E-state index is -1.20. The highest BCUT2D eigenvalue weighted by atomic mass is 16.5. The summed E-state index contributed by atoms with van der Waals surface area (Å²) in [5, 5.41) is 13.8. The topological polar surface area (TPSA) is 102 Å². The first-order valence-corrected chi connectivity index (χ1v) is 8.64. The zero-order chi connectivity index (χ0) is 19.3. The Kier molecular flexibility index (Phi) is 3.87.